The lowest BCUT2D eigenvalue weighted by molar-refractivity contribution is -0.00293. The first-order valence-electron chi connectivity index (χ1n) is 5.86. The molecule has 0 spiro atoms. The molecule has 3 heteroatoms. The van der Waals surface area contributed by atoms with E-state index in [9.17, 15) is 9.18 Å². The van der Waals surface area contributed by atoms with E-state index in [1.54, 1.807) is 12.1 Å². The van der Waals surface area contributed by atoms with Gasteiger partial charge in [0.25, 0.3) is 0 Å². The quantitative estimate of drug-likeness (QED) is 0.734. The predicted octanol–water partition coefficient (Wildman–Crippen LogP) is 3.52. The molecule has 0 aliphatic carbocycles. The van der Waals surface area contributed by atoms with Crippen LogP contribution in [0.2, 0.25) is 0 Å². The molecule has 0 radical (unpaired) electrons. The molecule has 0 saturated carbocycles. The molecular weight excluding hydrogens is 219 g/mol. The van der Waals surface area contributed by atoms with Crippen LogP contribution in [0.3, 0.4) is 0 Å². The van der Waals surface area contributed by atoms with Gasteiger partial charge in [-0.25, -0.2) is 4.39 Å². The smallest absolute Gasteiger partial charge is 0.197 e. The number of aryl methyl sites for hydroxylation is 1. The van der Waals surface area contributed by atoms with Gasteiger partial charge in [-0.1, -0.05) is 25.5 Å². The summed E-state index contributed by atoms with van der Waals surface area (Å²) in [6, 6.07) is 4.56. The molecule has 0 aromatic heterocycles. The minimum absolute atomic E-state index is 0.121. The van der Waals surface area contributed by atoms with Gasteiger partial charge in [0.05, 0.1) is 5.56 Å². The van der Waals surface area contributed by atoms with Crippen LogP contribution in [0.15, 0.2) is 18.2 Å². The van der Waals surface area contributed by atoms with Gasteiger partial charge in [0.1, 0.15) is 11.4 Å². The first-order valence-corrected chi connectivity index (χ1v) is 5.86. The molecule has 0 amide bonds. The molecule has 0 N–H and O–H groups in total. The van der Waals surface area contributed by atoms with E-state index in [1.165, 1.54) is 13.2 Å². The summed E-state index contributed by atoms with van der Waals surface area (Å²) in [4.78, 5) is 12.4. The second-order valence-corrected chi connectivity index (χ2v) is 4.22. The molecule has 1 aromatic rings. The van der Waals surface area contributed by atoms with Crippen molar-refractivity contribution in [2.45, 2.75) is 39.2 Å². The van der Waals surface area contributed by atoms with Gasteiger partial charge in [0, 0.05) is 7.11 Å². The molecule has 0 atom stereocenters. The van der Waals surface area contributed by atoms with Crippen molar-refractivity contribution >= 4 is 5.78 Å². The highest BCUT2D eigenvalue weighted by Gasteiger charge is 2.36. The van der Waals surface area contributed by atoms with Gasteiger partial charge in [0.2, 0.25) is 0 Å². The minimum atomic E-state index is -0.908. The Bertz CT molecular complexity index is 400. The van der Waals surface area contributed by atoms with Crippen LogP contribution in [0.25, 0.3) is 0 Å². The molecule has 94 valence electrons. The van der Waals surface area contributed by atoms with Gasteiger partial charge in [-0.15, -0.1) is 0 Å². The number of benzene rings is 1. The summed E-state index contributed by atoms with van der Waals surface area (Å²) in [6.07, 6.45) is 1.07. The Morgan fingerprint density at radius 3 is 2.41 bits per heavy atom. The summed E-state index contributed by atoms with van der Waals surface area (Å²) >= 11 is 0. The number of hydrogen-bond acceptors (Lipinski definition) is 2. The summed E-state index contributed by atoms with van der Waals surface area (Å²) in [6.45, 7) is 5.58. The number of carbonyl (C=O) groups is 1. The van der Waals surface area contributed by atoms with Crippen molar-refractivity contribution in [2.75, 3.05) is 7.11 Å². The van der Waals surface area contributed by atoms with Gasteiger partial charge in [-0.3, -0.25) is 4.79 Å². The zero-order chi connectivity index (χ0) is 13.1. The maximum atomic E-state index is 13.7. The lowest BCUT2D eigenvalue weighted by atomic mass is 9.87. The first-order chi connectivity index (χ1) is 8.00. The van der Waals surface area contributed by atoms with E-state index in [4.69, 9.17) is 4.74 Å². The van der Waals surface area contributed by atoms with E-state index in [1.807, 2.05) is 20.8 Å². The van der Waals surface area contributed by atoms with E-state index in [-0.39, 0.29) is 11.3 Å². The van der Waals surface area contributed by atoms with Crippen molar-refractivity contribution in [1.29, 1.82) is 0 Å². The van der Waals surface area contributed by atoms with Crippen LogP contribution >= 0.6 is 0 Å². The molecule has 1 aromatic carbocycles. The van der Waals surface area contributed by atoms with Crippen molar-refractivity contribution in [3.63, 3.8) is 0 Å². The number of rotatable bonds is 5. The van der Waals surface area contributed by atoms with Gasteiger partial charge in [0.15, 0.2) is 5.78 Å². The Morgan fingerprint density at radius 1 is 1.35 bits per heavy atom. The van der Waals surface area contributed by atoms with Crippen LogP contribution in [-0.2, 0) is 4.74 Å². The number of carbonyl (C=O) groups excluding carboxylic acids is 1. The van der Waals surface area contributed by atoms with Gasteiger partial charge in [-0.2, -0.15) is 0 Å². The fraction of sp³-hybridized carbons (Fsp3) is 0.500. The number of ketones is 1. The Balaban J connectivity index is 3.23. The Labute approximate surface area is 102 Å². The fourth-order valence-electron chi connectivity index (χ4n) is 2.01. The van der Waals surface area contributed by atoms with Gasteiger partial charge in [-0.05, 0) is 31.9 Å². The standard InChI is InChI=1S/C14H19FO2/c1-5-14(6-2,17-4)13(16)11-9-10(3)7-8-12(11)15/h7-9H,5-6H2,1-4H3. The lowest BCUT2D eigenvalue weighted by Crippen LogP contribution is -2.40. The van der Waals surface area contributed by atoms with E-state index >= 15 is 0 Å². The summed E-state index contributed by atoms with van der Waals surface area (Å²) in [5.74, 6) is -0.755. The molecule has 0 heterocycles. The normalized spacial score (nSPS) is 11.6. The van der Waals surface area contributed by atoms with Crippen LogP contribution in [0.1, 0.15) is 42.6 Å². The minimum Gasteiger partial charge on any atom is -0.370 e. The van der Waals surface area contributed by atoms with Crippen LogP contribution < -0.4 is 0 Å². The Morgan fingerprint density at radius 2 is 1.94 bits per heavy atom. The SMILES string of the molecule is CCC(CC)(OC)C(=O)c1cc(C)ccc1F. The molecule has 2 nitrogen and oxygen atoms in total. The molecule has 0 aliphatic rings. The van der Waals surface area contributed by atoms with Crippen LogP contribution in [0.4, 0.5) is 4.39 Å². The second kappa shape index (κ2) is 5.41. The maximum absolute atomic E-state index is 13.7. The van der Waals surface area contributed by atoms with Crippen molar-refractivity contribution in [2.24, 2.45) is 0 Å². The number of hydrogen-bond donors (Lipinski definition) is 0. The highest BCUT2D eigenvalue weighted by molar-refractivity contribution is 6.02. The van der Waals surface area contributed by atoms with E-state index in [0.717, 1.165) is 5.56 Å². The van der Waals surface area contributed by atoms with Crippen LogP contribution in [0, 0.1) is 12.7 Å². The average Bonchev–Trinajstić information content (AvgIpc) is 2.35. The summed E-state index contributed by atoms with van der Waals surface area (Å²) in [5, 5.41) is 0. The van der Waals surface area contributed by atoms with Crippen molar-refractivity contribution < 1.29 is 13.9 Å². The third-order valence-corrected chi connectivity index (χ3v) is 3.31. The molecule has 1 rings (SSSR count). The molecule has 0 fully saturated rings. The van der Waals surface area contributed by atoms with Crippen molar-refractivity contribution in [3.8, 4) is 0 Å². The molecule has 17 heavy (non-hydrogen) atoms. The Hall–Kier alpha value is -1.22. The van der Waals surface area contributed by atoms with Crippen LogP contribution in [0.5, 0.6) is 0 Å². The zero-order valence-corrected chi connectivity index (χ0v) is 10.8. The number of Topliss-reactive ketones (excluding diaryl/α,β-unsaturated/α-hetero) is 1. The number of methoxy groups -OCH3 is 1. The van der Waals surface area contributed by atoms with E-state index in [2.05, 4.69) is 0 Å². The van der Waals surface area contributed by atoms with E-state index < -0.39 is 11.4 Å². The van der Waals surface area contributed by atoms with E-state index in [0.29, 0.717) is 12.8 Å². The van der Waals surface area contributed by atoms with Crippen molar-refractivity contribution in [3.05, 3.63) is 35.1 Å². The van der Waals surface area contributed by atoms with Crippen LogP contribution in [-0.4, -0.2) is 18.5 Å². The summed E-state index contributed by atoms with van der Waals surface area (Å²) in [7, 11) is 1.50. The predicted molar refractivity (Wildman–Crippen MR) is 65.8 cm³/mol. The highest BCUT2D eigenvalue weighted by atomic mass is 19.1. The largest absolute Gasteiger partial charge is 0.370 e. The molecular formula is C14H19FO2. The zero-order valence-electron chi connectivity index (χ0n) is 10.8. The average molecular weight is 238 g/mol. The molecule has 0 saturated heterocycles. The Kier molecular flexibility index (Phi) is 4.40. The van der Waals surface area contributed by atoms with Gasteiger partial charge < -0.3 is 4.74 Å². The number of ether oxygens (including phenoxy) is 1. The second-order valence-electron chi connectivity index (χ2n) is 4.22. The van der Waals surface area contributed by atoms with Gasteiger partial charge >= 0.3 is 0 Å². The third-order valence-electron chi connectivity index (χ3n) is 3.31. The highest BCUT2D eigenvalue weighted by Crippen LogP contribution is 2.26. The molecule has 0 aliphatic heterocycles. The fourth-order valence-corrected chi connectivity index (χ4v) is 2.01. The topological polar surface area (TPSA) is 26.3 Å². The number of halogens is 1. The molecule has 0 bridgehead atoms. The maximum Gasteiger partial charge on any atom is 0.197 e. The van der Waals surface area contributed by atoms with Crippen molar-refractivity contribution in [1.82, 2.24) is 0 Å². The monoisotopic (exact) mass is 238 g/mol. The summed E-state index contributed by atoms with van der Waals surface area (Å²) in [5.41, 5.74) is 0.0803. The lowest BCUT2D eigenvalue weighted by Gasteiger charge is -2.28. The summed E-state index contributed by atoms with van der Waals surface area (Å²) < 4.78 is 19.0. The molecule has 0 unspecified atom stereocenters. The first kappa shape index (κ1) is 13.8. The third kappa shape index (κ3) is 2.55.